The van der Waals surface area contributed by atoms with Gasteiger partial charge in [0.25, 0.3) is 5.91 Å². The topological polar surface area (TPSA) is 98.7 Å². The molecule has 0 spiro atoms. The summed E-state index contributed by atoms with van der Waals surface area (Å²) >= 11 is 0. The van der Waals surface area contributed by atoms with Gasteiger partial charge in [0.15, 0.2) is 11.5 Å². The Bertz CT molecular complexity index is 1260. The summed E-state index contributed by atoms with van der Waals surface area (Å²) in [4.78, 5) is 25.5. The van der Waals surface area contributed by atoms with Crippen LogP contribution in [0.25, 0.3) is 11.1 Å². The first-order valence-electron chi connectivity index (χ1n) is 11.7. The zero-order valence-electron chi connectivity index (χ0n) is 19.1. The number of carbonyl (C=O) groups excluding carboxylic acids is 2. The summed E-state index contributed by atoms with van der Waals surface area (Å²) in [6.45, 7) is 2.76. The van der Waals surface area contributed by atoms with Gasteiger partial charge >= 0.3 is 0 Å². The van der Waals surface area contributed by atoms with Crippen molar-refractivity contribution in [3.05, 3.63) is 77.4 Å². The number of carbonyl (C=O) groups is 2. The van der Waals surface area contributed by atoms with Crippen molar-refractivity contribution in [2.45, 2.75) is 38.0 Å². The minimum Gasteiger partial charge on any atom is -0.504 e. The van der Waals surface area contributed by atoms with Gasteiger partial charge in [-0.2, -0.15) is 0 Å². The Labute approximate surface area is 198 Å². The van der Waals surface area contributed by atoms with E-state index in [-0.39, 0.29) is 23.3 Å². The second kappa shape index (κ2) is 8.52. The smallest absolute Gasteiger partial charge is 0.251 e. The molecule has 0 bridgehead atoms. The molecule has 0 aliphatic heterocycles. The molecule has 0 unspecified atom stereocenters. The highest BCUT2D eigenvalue weighted by atomic mass is 16.3. The number of rotatable bonds is 7. The van der Waals surface area contributed by atoms with E-state index in [2.05, 4.69) is 10.6 Å². The van der Waals surface area contributed by atoms with Gasteiger partial charge in [-0.3, -0.25) is 9.59 Å². The third kappa shape index (κ3) is 4.36. The molecule has 4 N–H and O–H groups in total. The standard InChI is InChI=1S/C28H28N2O4/c1-17-2-10-22(30-27(34)28(12-13-28)21-9-11-24(31)25(32)14-21)15-23(17)19-5-7-20(8-6-19)26(33)29-16-18-3-4-18/h2,5-11,14-15,18,31-32H,3-4,12-13,16H2,1H3,(H,29,33)(H,30,34). The van der Waals surface area contributed by atoms with E-state index < -0.39 is 5.41 Å². The normalized spacial score (nSPS) is 16.0. The van der Waals surface area contributed by atoms with E-state index in [1.165, 1.54) is 25.0 Å². The minimum atomic E-state index is -0.689. The van der Waals surface area contributed by atoms with Crippen LogP contribution in [0.1, 0.15) is 47.2 Å². The molecule has 2 fully saturated rings. The number of hydrogen-bond acceptors (Lipinski definition) is 4. The number of nitrogens with one attached hydrogen (secondary N) is 2. The Morgan fingerprint density at radius 2 is 1.68 bits per heavy atom. The molecule has 0 atom stereocenters. The quantitative estimate of drug-likeness (QED) is 0.381. The first kappa shape index (κ1) is 22.0. The summed E-state index contributed by atoms with van der Waals surface area (Å²) in [5.74, 6) is 0.0352. The summed E-state index contributed by atoms with van der Waals surface area (Å²) in [6, 6.07) is 17.9. The monoisotopic (exact) mass is 456 g/mol. The lowest BCUT2D eigenvalue weighted by Crippen LogP contribution is -2.27. The lowest BCUT2D eigenvalue weighted by molar-refractivity contribution is -0.118. The predicted octanol–water partition coefficient (Wildman–Crippen LogP) is 4.88. The van der Waals surface area contributed by atoms with Gasteiger partial charge in [-0.15, -0.1) is 0 Å². The van der Waals surface area contributed by atoms with Crippen molar-refractivity contribution in [2.24, 2.45) is 5.92 Å². The average Bonchev–Trinajstić information content (AvgIpc) is 3.75. The summed E-state index contributed by atoms with van der Waals surface area (Å²) in [5.41, 5.74) is 4.35. The van der Waals surface area contributed by atoms with E-state index in [1.807, 2.05) is 49.4 Å². The molecule has 0 saturated heterocycles. The zero-order chi connectivity index (χ0) is 23.9. The number of anilines is 1. The van der Waals surface area contributed by atoms with Crippen molar-refractivity contribution in [3.8, 4) is 22.6 Å². The van der Waals surface area contributed by atoms with Crippen LogP contribution in [-0.4, -0.2) is 28.6 Å². The van der Waals surface area contributed by atoms with Crippen molar-refractivity contribution in [1.29, 1.82) is 0 Å². The van der Waals surface area contributed by atoms with E-state index in [0.717, 1.165) is 23.2 Å². The Morgan fingerprint density at radius 3 is 2.32 bits per heavy atom. The molecule has 6 nitrogen and oxygen atoms in total. The highest BCUT2D eigenvalue weighted by Crippen LogP contribution is 2.50. The fraction of sp³-hybridized carbons (Fsp3) is 0.286. The van der Waals surface area contributed by atoms with E-state index in [1.54, 1.807) is 6.07 Å². The summed E-state index contributed by atoms with van der Waals surface area (Å²) in [6.07, 6.45) is 3.77. The predicted molar refractivity (Wildman–Crippen MR) is 131 cm³/mol. The van der Waals surface area contributed by atoms with Crippen molar-refractivity contribution in [1.82, 2.24) is 5.32 Å². The number of amides is 2. The first-order chi connectivity index (χ1) is 16.4. The molecule has 5 rings (SSSR count). The fourth-order valence-corrected chi connectivity index (χ4v) is 4.32. The van der Waals surface area contributed by atoms with Gasteiger partial charge in [0.1, 0.15) is 0 Å². The maximum Gasteiger partial charge on any atom is 0.251 e. The van der Waals surface area contributed by atoms with Gasteiger partial charge in [-0.1, -0.05) is 24.3 Å². The number of aromatic hydroxyl groups is 2. The second-order valence-electron chi connectivity index (χ2n) is 9.50. The molecule has 174 valence electrons. The summed E-state index contributed by atoms with van der Waals surface area (Å²) < 4.78 is 0. The highest BCUT2D eigenvalue weighted by molar-refractivity contribution is 6.02. The molecule has 3 aromatic rings. The molecule has 2 saturated carbocycles. The molecule has 0 radical (unpaired) electrons. The maximum absolute atomic E-state index is 13.2. The number of phenolic OH excluding ortho intramolecular Hbond substituents is 2. The third-order valence-corrected chi connectivity index (χ3v) is 6.91. The maximum atomic E-state index is 13.2. The molecule has 2 aliphatic rings. The fourth-order valence-electron chi connectivity index (χ4n) is 4.32. The molecule has 3 aromatic carbocycles. The van der Waals surface area contributed by atoms with E-state index in [9.17, 15) is 19.8 Å². The van der Waals surface area contributed by atoms with Gasteiger partial charge in [0, 0.05) is 17.8 Å². The highest BCUT2D eigenvalue weighted by Gasteiger charge is 2.51. The van der Waals surface area contributed by atoms with Gasteiger partial charge in [0.2, 0.25) is 5.91 Å². The van der Waals surface area contributed by atoms with Crippen LogP contribution in [0, 0.1) is 12.8 Å². The van der Waals surface area contributed by atoms with Crippen LogP contribution >= 0.6 is 0 Å². The van der Waals surface area contributed by atoms with E-state index in [4.69, 9.17) is 0 Å². The number of benzene rings is 3. The number of phenols is 2. The lowest BCUT2D eigenvalue weighted by atomic mass is 9.94. The molecule has 2 aliphatic carbocycles. The molecular weight excluding hydrogens is 428 g/mol. The Balaban J connectivity index is 1.32. The van der Waals surface area contributed by atoms with Gasteiger partial charge in [-0.05, 0) is 97.2 Å². The second-order valence-corrected chi connectivity index (χ2v) is 9.50. The molecule has 2 amide bonds. The van der Waals surface area contributed by atoms with Crippen LogP contribution in [-0.2, 0) is 10.2 Å². The van der Waals surface area contributed by atoms with Crippen molar-refractivity contribution in [2.75, 3.05) is 11.9 Å². The van der Waals surface area contributed by atoms with Crippen LogP contribution < -0.4 is 10.6 Å². The van der Waals surface area contributed by atoms with Gasteiger partial charge in [0.05, 0.1) is 5.41 Å². The van der Waals surface area contributed by atoms with Gasteiger partial charge < -0.3 is 20.8 Å². The largest absolute Gasteiger partial charge is 0.504 e. The zero-order valence-corrected chi connectivity index (χ0v) is 19.1. The molecule has 6 heteroatoms. The Hall–Kier alpha value is -3.80. The van der Waals surface area contributed by atoms with Crippen LogP contribution in [0.5, 0.6) is 11.5 Å². The van der Waals surface area contributed by atoms with Crippen LogP contribution in [0.2, 0.25) is 0 Å². The average molecular weight is 457 g/mol. The van der Waals surface area contributed by atoms with Gasteiger partial charge in [-0.25, -0.2) is 0 Å². The molecule has 34 heavy (non-hydrogen) atoms. The molecule has 0 heterocycles. The Morgan fingerprint density at radius 1 is 0.941 bits per heavy atom. The van der Waals surface area contributed by atoms with Crippen LogP contribution in [0.3, 0.4) is 0 Å². The minimum absolute atomic E-state index is 0.0498. The van der Waals surface area contributed by atoms with Crippen molar-refractivity contribution < 1.29 is 19.8 Å². The van der Waals surface area contributed by atoms with Crippen molar-refractivity contribution >= 4 is 17.5 Å². The van der Waals surface area contributed by atoms with E-state index >= 15 is 0 Å². The molecular formula is C28H28N2O4. The van der Waals surface area contributed by atoms with E-state index in [0.29, 0.717) is 35.6 Å². The van der Waals surface area contributed by atoms with Crippen LogP contribution in [0.4, 0.5) is 5.69 Å². The third-order valence-electron chi connectivity index (χ3n) is 6.91. The summed E-state index contributed by atoms with van der Waals surface area (Å²) in [5, 5.41) is 25.5. The van der Waals surface area contributed by atoms with Crippen molar-refractivity contribution in [3.63, 3.8) is 0 Å². The van der Waals surface area contributed by atoms with Crippen LogP contribution in [0.15, 0.2) is 60.7 Å². The first-order valence-corrected chi connectivity index (χ1v) is 11.7. The summed E-state index contributed by atoms with van der Waals surface area (Å²) in [7, 11) is 0. The molecule has 0 aromatic heterocycles. The Kier molecular flexibility index (Phi) is 5.52. The number of hydrogen-bond donors (Lipinski definition) is 4. The lowest BCUT2D eigenvalue weighted by Gasteiger charge is -2.17. The number of aryl methyl sites for hydroxylation is 1. The SMILES string of the molecule is Cc1ccc(NC(=O)C2(c3ccc(O)c(O)c3)CC2)cc1-c1ccc(C(=O)NCC2CC2)cc1.